The van der Waals surface area contributed by atoms with E-state index < -0.39 is 5.60 Å². The number of hydrogen-bond acceptors (Lipinski definition) is 5. The van der Waals surface area contributed by atoms with Gasteiger partial charge in [0.15, 0.2) is 10.6 Å². The highest BCUT2D eigenvalue weighted by Gasteiger charge is 2.46. The number of aromatic nitrogens is 2. The van der Waals surface area contributed by atoms with Crippen LogP contribution in [-0.4, -0.2) is 9.38 Å². The van der Waals surface area contributed by atoms with Gasteiger partial charge in [-0.2, -0.15) is 4.98 Å². The van der Waals surface area contributed by atoms with Crippen LogP contribution in [0.4, 0.5) is 0 Å². The fourth-order valence-corrected chi connectivity index (χ4v) is 5.10. The van der Waals surface area contributed by atoms with Gasteiger partial charge in [-0.1, -0.05) is 36.4 Å². The van der Waals surface area contributed by atoms with E-state index >= 15 is 0 Å². The van der Waals surface area contributed by atoms with Crippen molar-refractivity contribution < 1.29 is 4.74 Å². The summed E-state index contributed by atoms with van der Waals surface area (Å²) in [6.07, 6.45) is 2.35. The van der Waals surface area contributed by atoms with Crippen LogP contribution in [0.2, 0.25) is 0 Å². The van der Waals surface area contributed by atoms with E-state index in [0.717, 1.165) is 15.3 Å². The smallest absolute Gasteiger partial charge is 0.265 e. The molecule has 3 aromatic heterocycles. The Labute approximate surface area is 152 Å². The second-order valence-corrected chi connectivity index (χ2v) is 8.31. The molecule has 5 rings (SSSR count). The quantitative estimate of drug-likeness (QED) is 0.538. The first kappa shape index (κ1) is 14.9. The monoisotopic (exact) mass is 366 g/mol. The number of hydrogen-bond donors (Lipinski definition) is 0. The van der Waals surface area contributed by atoms with E-state index in [1.54, 1.807) is 15.7 Å². The Kier molecular flexibility index (Phi) is 3.14. The van der Waals surface area contributed by atoms with Gasteiger partial charge in [0.2, 0.25) is 5.88 Å². The molecule has 1 aliphatic heterocycles. The van der Waals surface area contributed by atoms with Crippen molar-refractivity contribution in [3.63, 3.8) is 0 Å². The summed E-state index contributed by atoms with van der Waals surface area (Å²) in [5.41, 5.74) is 0.980. The first-order valence-electron chi connectivity index (χ1n) is 7.97. The molecule has 4 nitrogen and oxygen atoms in total. The number of benzene rings is 1. The van der Waals surface area contributed by atoms with E-state index in [9.17, 15) is 4.79 Å². The summed E-state index contributed by atoms with van der Waals surface area (Å²) in [7, 11) is 0. The SMILES string of the molecule is Cc1cn2c(=O)c3c(nc2s1)OC(c1ccccc1)(c1cccs1)C3. The molecule has 0 bridgehead atoms. The molecule has 124 valence electrons. The number of aryl methyl sites for hydroxylation is 1. The van der Waals surface area contributed by atoms with Gasteiger partial charge in [0.25, 0.3) is 5.56 Å². The normalized spacial score (nSPS) is 19.1. The van der Waals surface area contributed by atoms with Crippen LogP contribution in [0.5, 0.6) is 5.88 Å². The first-order chi connectivity index (χ1) is 12.2. The molecule has 0 saturated heterocycles. The van der Waals surface area contributed by atoms with E-state index in [4.69, 9.17) is 4.74 Å². The number of thiazole rings is 1. The average Bonchev–Trinajstić information content (AvgIpc) is 3.34. The van der Waals surface area contributed by atoms with Gasteiger partial charge in [-0.15, -0.1) is 22.7 Å². The maximum absolute atomic E-state index is 13.0. The average molecular weight is 366 g/mol. The number of thiophene rings is 1. The molecule has 25 heavy (non-hydrogen) atoms. The van der Waals surface area contributed by atoms with Crippen LogP contribution >= 0.6 is 22.7 Å². The molecule has 1 unspecified atom stereocenters. The standard InChI is InChI=1S/C19H14N2O2S2/c1-12-11-21-17(22)14-10-19(15-8-5-9-24-15,13-6-3-2-4-7-13)23-16(14)20-18(21)25-12/h2-9,11H,10H2,1H3. The number of nitrogens with zero attached hydrogens (tertiary/aromatic N) is 2. The summed E-state index contributed by atoms with van der Waals surface area (Å²) in [6.45, 7) is 1.98. The van der Waals surface area contributed by atoms with Crippen LogP contribution in [0.3, 0.4) is 0 Å². The van der Waals surface area contributed by atoms with E-state index in [1.807, 2.05) is 42.8 Å². The minimum absolute atomic E-state index is 0.0290. The zero-order valence-electron chi connectivity index (χ0n) is 13.4. The summed E-state index contributed by atoms with van der Waals surface area (Å²) < 4.78 is 8.05. The summed E-state index contributed by atoms with van der Waals surface area (Å²) in [5.74, 6) is 0.462. The molecular weight excluding hydrogens is 352 g/mol. The second-order valence-electron chi connectivity index (χ2n) is 6.14. The number of fused-ring (bicyclic) bond motifs is 2. The van der Waals surface area contributed by atoms with Crippen molar-refractivity contribution in [2.75, 3.05) is 0 Å². The molecule has 0 amide bonds. The summed E-state index contributed by atoms with van der Waals surface area (Å²) >= 11 is 3.14. The Morgan fingerprint density at radius 3 is 2.80 bits per heavy atom. The zero-order chi connectivity index (χ0) is 17.0. The Balaban J connectivity index is 1.75. The molecule has 1 atom stereocenters. The van der Waals surface area contributed by atoms with E-state index in [2.05, 4.69) is 23.2 Å². The van der Waals surface area contributed by atoms with Crippen molar-refractivity contribution >= 4 is 27.6 Å². The molecule has 0 radical (unpaired) electrons. The van der Waals surface area contributed by atoms with Gasteiger partial charge in [-0.25, -0.2) is 0 Å². The van der Waals surface area contributed by atoms with Gasteiger partial charge in [0, 0.05) is 23.1 Å². The van der Waals surface area contributed by atoms with Crippen LogP contribution in [0, 0.1) is 6.92 Å². The maximum atomic E-state index is 13.0. The maximum Gasteiger partial charge on any atom is 0.265 e. The third kappa shape index (κ3) is 2.11. The van der Waals surface area contributed by atoms with Crippen molar-refractivity contribution in [2.45, 2.75) is 18.9 Å². The molecule has 1 aromatic carbocycles. The number of rotatable bonds is 2. The highest BCUT2D eigenvalue weighted by molar-refractivity contribution is 7.16. The highest BCUT2D eigenvalue weighted by atomic mass is 32.1. The van der Waals surface area contributed by atoms with Crippen LogP contribution in [0.15, 0.2) is 58.8 Å². The van der Waals surface area contributed by atoms with Crippen LogP contribution in [0.1, 0.15) is 20.9 Å². The molecule has 0 saturated carbocycles. The lowest BCUT2D eigenvalue weighted by molar-refractivity contribution is 0.139. The van der Waals surface area contributed by atoms with Gasteiger partial charge in [-0.3, -0.25) is 9.20 Å². The van der Waals surface area contributed by atoms with Crippen molar-refractivity contribution in [3.8, 4) is 5.88 Å². The molecule has 1 aliphatic rings. The summed E-state index contributed by atoms with van der Waals surface area (Å²) in [4.78, 5) is 20.4. The lowest BCUT2D eigenvalue weighted by Gasteiger charge is -2.27. The van der Waals surface area contributed by atoms with Gasteiger partial charge >= 0.3 is 0 Å². The van der Waals surface area contributed by atoms with Crippen LogP contribution in [-0.2, 0) is 12.0 Å². The fourth-order valence-electron chi connectivity index (χ4n) is 3.41. The Morgan fingerprint density at radius 2 is 2.04 bits per heavy atom. The Hall–Kier alpha value is -2.44. The van der Waals surface area contributed by atoms with Gasteiger partial charge in [0.05, 0.1) is 10.4 Å². The molecule has 4 heterocycles. The van der Waals surface area contributed by atoms with Crippen molar-refractivity contribution in [1.82, 2.24) is 9.38 Å². The lowest BCUT2D eigenvalue weighted by atomic mass is 9.88. The topological polar surface area (TPSA) is 43.6 Å². The van der Waals surface area contributed by atoms with E-state index in [0.29, 0.717) is 22.8 Å². The molecule has 6 heteroatoms. The third-order valence-electron chi connectivity index (χ3n) is 4.56. The Morgan fingerprint density at radius 1 is 1.20 bits per heavy atom. The minimum Gasteiger partial charge on any atom is -0.460 e. The van der Waals surface area contributed by atoms with Gasteiger partial charge in [-0.05, 0) is 18.4 Å². The zero-order valence-corrected chi connectivity index (χ0v) is 15.1. The molecule has 0 spiro atoms. The lowest BCUT2D eigenvalue weighted by Crippen LogP contribution is -2.32. The number of ether oxygens (including phenoxy) is 1. The molecule has 0 aliphatic carbocycles. The van der Waals surface area contributed by atoms with Crippen molar-refractivity contribution in [3.05, 3.63) is 85.3 Å². The predicted molar refractivity (Wildman–Crippen MR) is 99.9 cm³/mol. The van der Waals surface area contributed by atoms with Gasteiger partial charge < -0.3 is 4.74 Å². The minimum atomic E-state index is -0.678. The van der Waals surface area contributed by atoms with Gasteiger partial charge in [0.1, 0.15) is 0 Å². The summed E-state index contributed by atoms with van der Waals surface area (Å²) in [5, 5.41) is 2.04. The van der Waals surface area contributed by atoms with Crippen LogP contribution < -0.4 is 10.3 Å². The fraction of sp³-hybridized carbons (Fsp3) is 0.158. The molecular formula is C19H14N2O2S2. The third-order valence-corrected chi connectivity index (χ3v) is 6.47. The predicted octanol–water partition coefficient (Wildman–Crippen LogP) is 4.00. The second kappa shape index (κ2) is 5.28. The van der Waals surface area contributed by atoms with E-state index in [-0.39, 0.29) is 5.56 Å². The van der Waals surface area contributed by atoms with E-state index in [1.165, 1.54) is 11.3 Å². The Bertz CT molecular complexity index is 1130. The molecule has 0 fully saturated rings. The van der Waals surface area contributed by atoms with Crippen molar-refractivity contribution in [1.29, 1.82) is 0 Å². The summed E-state index contributed by atoms with van der Waals surface area (Å²) in [6, 6.07) is 14.2. The van der Waals surface area contributed by atoms with Crippen LogP contribution in [0.25, 0.3) is 4.96 Å². The molecule has 0 N–H and O–H groups in total. The highest BCUT2D eigenvalue weighted by Crippen LogP contribution is 2.45. The largest absolute Gasteiger partial charge is 0.460 e. The first-order valence-corrected chi connectivity index (χ1v) is 9.67. The van der Waals surface area contributed by atoms with Crippen molar-refractivity contribution in [2.24, 2.45) is 0 Å². The molecule has 4 aromatic rings.